The van der Waals surface area contributed by atoms with Gasteiger partial charge in [-0.2, -0.15) is 0 Å². The molecule has 22 heavy (non-hydrogen) atoms. The van der Waals surface area contributed by atoms with E-state index in [0.717, 1.165) is 38.3 Å². The van der Waals surface area contributed by atoms with E-state index in [4.69, 9.17) is 9.47 Å². The summed E-state index contributed by atoms with van der Waals surface area (Å²) >= 11 is 0. The van der Waals surface area contributed by atoms with Crippen LogP contribution in [0.5, 0.6) is 11.6 Å². The lowest BCUT2D eigenvalue weighted by Gasteiger charge is -2.11. The number of benzene rings is 1. The molecule has 0 bridgehead atoms. The Kier molecular flexibility index (Phi) is 7.26. The molecule has 0 amide bonds. The molecule has 0 radical (unpaired) electrons. The maximum Gasteiger partial charge on any atom is 0.213 e. The van der Waals surface area contributed by atoms with Crippen LogP contribution in [0.4, 0.5) is 0 Å². The zero-order valence-corrected chi connectivity index (χ0v) is 13.1. The highest BCUT2D eigenvalue weighted by Crippen LogP contribution is 2.17. The van der Waals surface area contributed by atoms with Gasteiger partial charge in [0.05, 0.1) is 13.2 Å². The van der Waals surface area contributed by atoms with Gasteiger partial charge in [-0.3, -0.25) is 0 Å². The highest BCUT2D eigenvalue weighted by Gasteiger charge is 2.02. The molecule has 0 aliphatic heterocycles. The van der Waals surface area contributed by atoms with E-state index in [0.29, 0.717) is 12.5 Å². The van der Waals surface area contributed by atoms with Crippen molar-refractivity contribution in [2.24, 2.45) is 0 Å². The van der Waals surface area contributed by atoms with Gasteiger partial charge in [-0.25, -0.2) is 4.98 Å². The Morgan fingerprint density at radius 1 is 1.00 bits per heavy atom. The van der Waals surface area contributed by atoms with Crippen molar-refractivity contribution in [1.82, 2.24) is 10.3 Å². The van der Waals surface area contributed by atoms with Gasteiger partial charge in [-0.1, -0.05) is 31.2 Å². The van der Waals surface area contributed by atoms with Gasteiger partial charge in [0.1, 0.15) is 5.75 Å². The summed E-state index contributed by atoms with van der Waals surface area (Å²) in [6.45, 7) is 5.24. The van der Waals surface area contributed by atoms with E-state index in [1.807, 2.05) is 36.4 Å². The van der Waals surface area contributed by atoms with E-state index in [9.17, 15) is 0 Å². The van der Waals surface area contributed by atoms with E-state index in [1.165, 1.54) is 5.56 Å². The number of rotatable bonds is 10. The average Bonchev–Trinajstić information content (AvgIpc) is 2.58. The lowest BCUT2D eigenvalue weighted by molar-refractivity contribution is 0.295. The van der Waals surface area contributed by atoms with Gasteiger partial charge in [0.15, 0.2) is 0 Å². The zero-order valence-electron chi connectivity index (χ0n) is 13.1. The normalized spacial score (nSPS) is 10.4. The van der Waals surface area contributed by atoms with Gasteiger partial charge in [0, 0.05) is 24.4 Å². The van der Waals surface area contributed by atoms with E-state index < -0.39 is 0 Å². The molecule has 4 nitrogen and oxygen atoms in total. The quantitative estimate of drug-likeness (QED) is 0.683. The molecule has 0 unspecified atom stereocenters. The molecule has 0 saturated heterocycles. The van der Waals surface area contributed by atoms with Gasteiger partial charge >= 0.3 is 0 Å². The molecule has 0 aliphatic carbocycles. The van der Waals surface area contributed by atoms with Crippen molar-refractivity contribution in [3.05, 3.63) is 54.2 Å². The Bertz CT molecular complexity index is 532. The molecule has 0 aliphatic rings. The molecule has 118 valence electrons. The second kappa shape index (κ2) is 9.79. The monoisotopic (exact) mass is 300 g/mol. The van der Waals surface area contributed by atoms with Crippen LogP contribution < -0.4 is 14.8 Å². The zero-order chi connectivity index (χ0) is 15.5. The molecule has 0 fully saturated rings. The maximum atomic E-state index is 5.75. The third-order valence-corrected chi connectivity index (χ3v) is 3.14. The van der Waals surface area contributed by atoms with Crippen molar-refractivity contribution in [3.8, 4) is 11.6 Å². The second-order valence-electron chi connectivity index (χ2n) is 5.00. The van der Waals surface area contributed by atoms with Crippen LogP contribution in [-0.4, -0.2) is 24.7 Å². The number of hydrogen-bond acceptors (Lipinski definition) is 4. The summed E-state index contributed by atoms with van der Waals surface area (Å²) in [4.78, 5) is 4.13. The van der Waals surface area contributed by atoms with Crippen LogP contribution >= 0.6 is 0 Å². The highest BCUT2D eigenvalue weighted by molar-refractivity contribution is 5.33. The first-order chi connectivity index (χ1) is 10.9. The number of nitrogens with one attached hydrogen (secondary N) is 1. The summed E-state index contributed by atoms with van der Waals surface area (Å²) < 4.78 is 11.3. The third-order valence-electron chi connectivity index (χ3n) is 3.14. The van der Waals surface area contributed by atoms with Gasteiger partial charge in [-0.05, 0) is 31.5 Å². The van der Waals surface area contributed by atoms with Crippen molar-refractivity contribution >= 4 is 0 Å². The number of ether oxygens (including phenoxy) is 2. The predicted molar refractivity (Wildman–Crippen MR) is 88.3 cm³/mol. The van der Waals surface area contributed by atoms with Gasteiger partial charge in [0.25, 0.3) is 0 Å². The first-order valence-electron chi connectivity index (χ1n) is 7.85. The van der Waals surface area contributed by atoms with E-state index in [-0.39, 0.29) is 0 Å². The number of pyridine rings is 1. The fourth-order valence-corrected chi connectivity index (χ4v) is 2.03. The lowest BCUT2D eigenvalue weighted by Crippen LogP contribution is -2.17. The number of nitrogens with zero attached hydrogens (tertiary/aromatic N) is 1. The van der Waals surface area contributed by atoms with Crippen molar-refractivity contribution in [3.63, 3.8) is 0 Å². The maximum absolute atomic E-state index is 5.75. The van der Waals surface area contributed by atoms with Crippen LogP contribution in [-0.2, 0) is 6.54 Å². The molecular weight excluding hydrogens is 276 g/mol. The molecule has 1 heterocycles. The molecule has 0 atom stereocenters. The summed E-state index contributed by atoms with van der Waals surface area (Å²) in [6.07, 6.45) is 3.70. The Morgan fingerprint density at radius 2 is 1.86 bits per heavy atom. The van der Waals surface area contributed by atoms with Crippen molar-refractivity contribution < 1.29 is 9.47 Å². The number of hydrogen-bond donors (Lipinski definition) is 1. The second-order valence-corrected chi connectivity index (χ2v) is 5.00. The summed E-state index contributed by atoms with van der Waals surface area (Å²) in [6, 6.07) is 13.9. The fraction of sp³-hybridized carbons (Fsp3) is 0.389. The smallest absolute Gasteiger partial charge is 0.213 e. The molecule has 1 N–H and O–H groups in total. The number of aromatic nitrogens is 1. The first-order valence-corrected chi connectivity index (χ1v) is 7.85. The minimum atomic E-state index is 0.665. The van der Waals surface area contributed by atoms with Crippen LogP contribution in [0.2, 0.25) is 0 Å². The largest absolute Gasteiger partial charge is 0.493 e. The van der Waals surface area contributed by atoms with Gasteiger partial charge in [-0.15, -0.1) is 0 Å². The van der Waals surface area contributed by atoms with Crippen LogP contribution in [0.25, 0.3) is 0 Å². The van der Waals surface area contributed by atoms with Crippen molar-refractivity contribution in [2.45, 2.75) is 26.3 Å². The summed E-state index contributed by atoms with van der Waals surface area (Å²) in [5, 5.41) is 3.42. The van der Waals surface area contributed by atoms with E-state index in [2.05, 4.69) is 23.3 Å². The minimum absolute atomic E-state index is 0.665. The first kappa shape index (κ1) is 16.3. The molecule has 1 aromatic carbocycles. The topological polar surface area (TPSA) is 43.4 Å². The van der Waals surface area contributed by atoms with Crippen molar-refractivity contribution in [2.75, 3.05) is 19.8 Å². The Balaban J connectivity index is 1.64. The minimum Gasteiger partial charge on any atom is -0.493 e. The Morgan fingerprint density at radius 3 is 2.68 bits per heavy atom. The summed E-state index contributed by atoms with van der Waals surface area (Å²) in [5.74, 6) is 1.65. The predicted octanol–water partition coefficient (Wildman–Crippen LogP) is 3.43. The molecule has 2 rings (SSSR count). The Labute approximate surface area is 132 Å². The molecule has 4 heteroatoms. The third kappa shape index (κ3) is 5.74. The van der Waals surface area contributed by atoms with Gasteiger partial charge < -0.3 is 14.8 Å². The molecule has 0 saturated carbocycles. The number of para-hydroxylation sites is 1. The van der Waals surface area contributed by atoms with E-state index >= 15 is 0 Å². The Hall–Kier alpha value is -2.07. The molecule has 1 aromatic heterocycles. The van der Waals surface area contributed by atoms with Gasteiger partial charge in [0.2, 0.25) is 5.88 Å². The van der Waals surface area contributed by atoms with Crippen LogP contribution in [0.1, 0.15) is 25.3 Å². The van der Waals surface area contributed by atoms with Crippen LogP contribution in [0.3, 0.4) is 0 Å². The molecule has 2 aromatic rings. The standard InChI is InChI=1S/C18H24N2O2/c1-2-13-21-17-9-4-3-8-16(17)15-19-11-7-14-22-18-10-5-6-12-20-18/h3-6,8-10,12,19H,2,7,11,13-15H2,1H3. The molecule has 0 spiro atoms. The van der Waals surface area contributed by atoms with Crippen LogP contribution in [0.15, 0.2) is 48.7 Å². The summed E-state index contributed by atoms with van der Waals surface area (Å²) in [5.41, 5.74) is 1.20. The van der Waals surface area contributed by atoms with E-state index in [1.54, 1.807) is 6.20 Å². The fourth-order valence-electron chi connectivity index (χ4n) is 2.03. The summed E-state index contributed by atoms with van der Waals surface area (Å²) in [7, 11) is 0. The SMILES string of the molecule is CCCOc1ccccc1CNCCCOc1ccccn1. The average molecular weight is 300 g/mol. The molecular formula is C18H24N2O2. The lowest BCUT2D eigenvalue weighted by atomic mass is 10.2. The van der Waals surface area contributed by atoms with Crippen molar-refractivity contribution in [1.29, 1.82) is 0 Å². The highest BCUT2D eigenvalue weighted by atomic mass is 16.5. The van der Waals surface area contributed by atoms with Crippen LogP contribution in [0, 0.1) is 0 Å².